The van der Waals surface area contributed by atoms with E-state index >= 15 is 0 Å². The highest BCUT2D eigenvalue weighted by Crippen LogP contribution is 2.44. The van der Waals surface area contributed by atoms with Gasteiger partial charge in [-0.15, -0.1) is 0 Å². The van der Waals surface area contributed by atoms with Crippen molar-refractivity contribution in [3.63, 3.8) is 0 Å². The molecule has 0 saturated carbocycles. The van der Waals surface area contributed by atoms with E-state index < -0.39 is 7.82 Å². The van der Waals surface area contributed by atoms with Gasteiger partial charge in [0.15, 0.2) is 0 Å². The molecule has 0 amide bonds. The maximum absolute atomic E-state index is 11.9. The van der Waals surface area contributed by atoms with Crippen LogP contribution in [0.5, 0.6) is 0 Å². The molecule has 0 aromatic heterocycles. The smallest absolute Gasteiger partial charge is 0.302 e. The van der Waals surface area contributed by atoms with Gasteiger partial charge in [-0.25, -0.2) is 4.57 Å². The minimum Gasteiger partial charge on any atom is -0.302 e. The van der Waals surface area contributed by atoms with Crippen LogP contribution in [0, 0.1) is 23.7 Å². The van der Waals surface area contributed by atoms with Crippen molar-refractivity contribution in [3.8, 4) is 0 Å². The molecule has 1 N–H and O–H groups in total. The molecule has 0 aromatic rings. The van der Waals surface area contributed by atoms with E-state index in [1.165, 1.54) is 0 Å². The minimum atomic E-state index is -3.92. The fourth-order valence-electron chi connectivity index (χ4n) is 2.27. The average molecular weight is 322 g/mol. The molecule has 4 atom stereocenters. The molecule has 4 nitrogen and oxygen atoms in total. The van der Waals surface area contributed by atoms with Crippen LogP contribution >= 0.6 is 7.82 Å². The van der Waals surface area contributed by atoms with Crippen LogP contribution in [0.25, 0.3) is 0 Å². The molecule has 0 aliphatic rings. The fourth-order valence-corrected chi connectivity index (χ4v) is 3.19. The maximum atomic E-state index is 11.9. The van der Waals surface area contributed by atoms with Gasteiger partial charge in [-0.2, -0.15) is 0 Å². The predicted octanol–water partition coefficient (Wildman–Crippen LogP) is 5.26. The summed E-state index contributed by atoms with van der Waals surface area (Å²) in [6.45, 7) is 13.2. The molecule has 0 radical (unpaired) electrons. The van der Waals surface area contributed by atoms with Gasteiger partial charge in [0, 0.05) is 0 Å². The van der Waals surface area contributed by atoms with Crippen molar-refractivity contribution < 1.29 is 18.5 Å². The van der Waals surface area contributed by atoms with E-state index in [2.05, 4.69) is 27.7 Å². The summed E-state index contributed by atoms with van der Waals surface area (Å²) in [6, 6.07) is 0. The lowest BCUT2D eigenvalue weighted by Crippen LogP contribution is -2.17. The van der Waals surface area contributed by atoms with Gasteiger partial charge < -0.3 is 4.89 Å². The minimum absolute atomic E-state index is 0.255. The monoisotopic (exact) mass is 322 g/mol. The number of phosphoric acid groups is 1. The first-order chi connectivity index (χ1) is 9.73. The van der Waals surface area contributed by atoms with Gasteiger partial charge in [-0.05, 0) is 23.7 Å². The Labute approximate surface area is 131 Å². The summed E-state index contributed by atoms with van der Waals surface area (Å²) in [7, 11) is -3.92. The van der Waals surface area contributed by atoms with E-state index in [1.807, 2.05) is 13.8 Å². The summed E-state index contributed by atoms with van der Waals surface area (Å²) < 4.78 is 22.2. The number of phosphoric ester groups is 1. The van der Waals surface area contributed by atoms with Crippen LogP contribution in [0.4, 0.5) is 0 Å². The van der Waals surface area contributed by atoms with Crippen molar-refractivity contribution in [2.45, 2.75) is 67.2 Å². The summed E-state index contributed by atoms with van der Waals surface area (Å²) in [5.74, 6) is 1.48. The molecule has 4 unspecified atom stereocenters. The molecule has 0 aliphatic heterocycles. The third-order valence-electron chi connectivity index (χ3n) is 4.43. The summed E-state index contributed by atoms with van der Waals surface area (Å²) in [4.78, 5) is 9.75. The molecule has 0 bridgehead atoms. The first kappa shape index (κ1) is 21.1. The second kappa shape index (κ2) is 10.8. The second-order valence-corrected chi connectivity index (χ2v) is 8.00. The molecule has 21 heavy (non-hydrogen) atoms. The lowest BCUT2D eigenvalue weighted by Gasteiger charge is -2.23. The van der Waals surface area contributed by atoms with Gasteiger partial charge in [-0.3, -0.25) is 9.05 Å². The molecule has 0 heterocycles. The van der Waals surface area contributed by atoms with Crippen LogP contribution < -0.4 is 0 Å². The topological polar surface area (TPSA) is 55.8 Å². The van der Waals surface area contributed by atoms with Crippen molar-refractivity contribution in [1.29, 1.82) is 0 Å². The zero-order valence-corrected chi connectivity index (χ0v) is 15.6. The standard InChI is InChI=1S/C16H35O4P/c1-7-9-13(3)15(5)11-19-21(17,18)20-12-16(6)14(4)10-8-2/h13-16H,7-12H2,1-6H3,(H,17,18). The average Bonchev–Trinajstić information content (AvgIpc) is 2.42. The Morgan fingerprint density at radius 3 is 1.43 bits per heavy atom. The van der Waals surface area contributed by atoms with Gasteiger partial charge >= 0.3 is 7.82 Å². The Hall–Kier alpha value is 0.110. The Morgan fingerprint density at radius 1 is 0.810 bits per heavy atom. The Balaban J connectivity index is 4.11. The summed E-state index contributed by atoms with van der Waals surface area (Å²) >= 11 is 0. The van der Waals surface area contributed by atoms with Crippen molar-refractivity contribution in [3.05, 3.63) is 0 Å². The first-order valence-electron chi connectivity index (χ1n) is 8.35. The molecule has 0 aromatic carbocycles. The van der Waals surface area contributed by atoms with Gasteiger partial charge in [0.05, 0.1) is 13.2 Å². The number of hydrogen-bond donors (Lipinski definition) is 1. The summed E-state index contributed by atoms with van der Waals surface area (Å²) in [6.07, 6.45) is 4.44. The molecule has 0 rings (SSSR count). The maximum Gasteiger partial charge on any atom is 0.472 e. The predicted molar refractivity (Wildman–Crippen MR) is 88.2 cm³/mol. The van der Waals surface area contributed by atoms with Gasteiger partial charge in [0.1, 0.15) is 0 Å². The molecule has 0 saturated heterocycles. The first-order valence-corrected chi connectivity index (χ1v) is 9.84. The van der Waals surface area contributed by atoms with Crippen LogP contribution in [-0.2, 0) is 13.6 Å². The van der Waals surface area contributed by atoms with Crippen molar-refractivity contribution in [2.24, 2.45) is 23.7 Å². The highest BCUT2D eigenvalue weighted by molar-refractivity contribution is 7.47. The zero-order valence-electron chi connectivity index (χ0n) is 14.7. The SMILES string of the molecule is CCCC(C)C(C)COP(=O)(O)OCC(C)C(C)CCC. The Bertz CT molecular complexity index is 283. The van der Waals surface area contributed by atoms with Crippen molar-refractivity contribution in [2.75, 3.05) is 13.2 Å². The normalized spacial score (nSPS) is 20.5. The van der Waals surface area contributed by atoms with E-state index in [0.717, 1.165) is 25.7 Å². The number of rotatable bonds is 12. The third-order valence-corrected chi connectivity index (χ3v) is 5.38. The lowest BCUT2D eigenvalue weighted by molar-refractivity contribution is 0.101. The molecule has 5 heteroatoms. The molecule has 0 spiro atoms. The quantitative estimate of drug-likeness (QED) is 0.498. The largest absolute Gasteiger partial charge is 0.472 e. The van der Waals surface area contributed by atoms with E-state index in [4.69, 9.17) is 9.05 Å². The Morgan fingerprint density at radius 2 is 1.14 bits per heavy atom. The van der Waals surface area contributed by atoms with E-state index in [-0.39, 0.29) is 25.0 Å². The van der Waals surface area contributed by atoms with Gasteiger partial charge in [0.2, 0.25) is 0 Å². The van der Waals surface area contributed by atoms with Gasteiger partial charge in [-0.1, -0.05) is 67.2 Å². The van der Waals surface area contributed by atoms with Crippen LogP contribution in [-0.4, -0.2) is 18.1 Å². The zero-order chi connectivity index (χ0) is 16.5. The number of hydrogen-bond acceptors (Lipinski definition) is 3. The summed E-state index contributed by atoms with van der Waals surface area (Å²) in [5, 5.41) is 0. The summed E-state index contributed by atoms with van der Waals surface area (Å²) in [5.41, 5.74) is 0. The highest BCUT2D eigenvalue weighted by atomic mass is 31.2. The molecule has 0 fully saturated rings. The third kappa shape index (κ3) is 9.67. The molecular weight excluding hydrogens is 287 g/mol. The van der Waals surface area contributed by atoms with E-state index in [0.29, 0.717) is 11.8 Å². The highest BCUT2D eigenvalue weighted by Gasteiger charge is 2.25. The molecule has 0 aliphatic carbocycles. The van der Waals surface area contributed by atoms with Crippen LogP contribution in [0.1, 0.15) is 67.2 Å². The van der Waals surface area contributed by atoms with E-state index in [1.54, 1.807) is 0 Å². The van der Waals surface area contributed by atoms with Gasteiger partial charge in [0.25, 0.3) is 0 Å². The molecule has 128 valence electrons. The van der Waals surface area contributed by atoms with Crippen molar-refractivity contribution in [1.82, 2.24) is 0 Å². The second-order valence-electron chi connectivity index (χ2n) is 6.55. The fraction of sp³-hybridized carbons (Fsp3) is 1.00. The van der Waals surface area contributed by atoms with Crippen molar-refractivity contribution >= 4 is 7.82 Å². The van der Waals surface area contributed by atoms with E-state index in [9.17, 15) is 9.46 Å². The van der Waals surface area contributed by atoms with Crippen LogP contribution in [0.15, 0.2) is 0 Å². The Kier molecular flexibility index (Phi) is 10.8. The molecular formula is C16H35O4P. The lowest BCUT2D eigenvalue weighted by atomic mass is 9.93. The van der Waals surface area contributed by atoms with Crippen LogP contribution in [0.3, 0.4) is 0 Å². The van der Waals surface area contributed by atoms with Crippen LogP contribution in [0.2, 0.25) is 0 Å².